The van der Waals surface area contributed by atoms with Gasteiger partial charge in [-0.1, -0.05) is 19.0 Å². The minimum absolute atomic E-state index is 0.000962. The summed E-state index contributed by atoms with van der Waals surface area (Å²) >= 11 is 0. The van der Waals surface area contributed by atoms with Crippen molar-refractivity contribution in [1.29, 1.82) is 0 Å². The maximum atomic E-state index is 5.85. The average Bonchev–Trinajstić information content (AvgIpc) is 3.03. The van der Waals surface area contributed by atoms with Gasteiger partial charge >= 0.3 is 0 Å². The Bertz CT molecular complexity index is 587. The molecule has 2 atom stereocenters. The lowest BCUT2D eigenvalue weighted by Gasteiger charge is -2.45. The fourth-order valence-corrected chi connectivity index (χ4v) is 3.16. The summed E-state index contributed by atoms with van der Waals surface area (Å²) in [6.07, 6.45) is 0.522. The number of aromatic nitrogens is 1. The second-order valence-corrected chi connectivity index (χ2v) is 8.13. The van der Waals surface area contributed by atoms with Crippen LogP contribution in [-0.4, -0.2) is 60.4 Å². The lowest BCUT2D eigenvalue weighted by Crippen LogP contribution is -2.59. The first-order chi connectivity index (χ1) is 12.2. The molecule has 2 rings (SSSR count). The molecule has 7 heteroatoms. The molecule has 1 aliphatic rings. The zero-order chi connectivity index (χ0) is 19.3. The molecule has 1 saturated heterocycles. The van der Waals surface area contributed by atoms with E-state index in [0.717, 1.165) is 37.0 Å². The molecule has 1 aromatic rings. The van der Waals surface area contributed by atoms with Crippen LogP contribution < -0.4 is 10.6 Å². The van der Waals surface area contributed by atoms with Gasteiger partial charge in [-0.25, -0.2) is 0 Å². The molecule has 0 spiro atoms. The SMILES string of the molecule is CN=C(NCc1cc(C(C)C)no1)NCC(C)(C)N1CC(C)OC(C)C1. The Morgan fingerprint density at radius 1 is 1.31 bits per heavy atom. The van der Waals surface area contributed by atoms with Crippen LogP contribution in [0.4, 0.5) is 0 Å². The van der Waals surface area contributed by atoms with Crippen molar-refractivity contribution in [2.45, 2.75) is 71.8 Å². The largest absolute Gasteiger partial charge is 0.373 e. The maximum absolute atomic E-state index is 5.85. The van der Waals surface area contributed by atoms with Crippen LogP contribution in [0.1, 0.15) is 58.9 Å². The van der Waals surface area contributed by atoms with E-state index in [-0.39, 0.29) is 17.7 Å². The monoisotopic (exact) mass is 365 g/mol. The Morgan fingerprint density at radius 3 is 2.50 bits per heavy atom. The van der Waals surface area contributed by atoms with Gasteiger partial charge in [0.1, 0.15) is 0 Å². The molecule has 0 aromatic carbocycles. The zero-order valence-corrected chi connectivity index (χ0v) is 17.3. The molecule has 1 aromatic heterocycles. The third-order valence-corrected chi connectivity index (χ3v) is 4.79. The van der Waals surface area contributed by atoms with Gasteiger partial charge in [0, 0.05) is 38.3 Å². The van der Waals surface area contributed by atoms with Gasteiger partial charge in [0.25, 0.3) is 0 Å². The van der Waals surface area contributed by atoms with E-state index in [1.165, 1.54) is 0 Å². The van der Waals surface area contributed by atoms with Crippen LogP contribution in [0.3, 0.4) is 0 Å². The Labute approximate surface area is 157 Å². The number of guanidine groups is 1. The predicted molar refractivity (Wildman–Crippen MR) is 104 cm³/mol. The lowest BCUT2D eigenvalue weighted by molar-refractivity contribution is -0.0946. The fourth-order valence-electron chi connectivity index (χ4n) is 3.16. The van der Waals surface area contributed by atoms with E-state index in [4.69, 9.17) is 9.26 Å². The highest BCUT2D eigenvalue weighted by Crippen LogP contribution is 2.20. The summed E-state index contributed by atoms with van der Waals surface area (Å²) < 4.78 is 11.2. The second kappa shape index (κ2) is 8.86. The van der Waals surface area contributed by atoms with E-state index in [9.17, 15) is 0 Å². The number of morpholine rings is 1. The highest BCUT2D eigenvalue weighted by molar-refractivity contribution is 5.79. The first kappa shape index (κ1) is 20.7. The number of hydrogen-bond acceptors (Lipinski definition) is 5. The van der Waals surface area contributed by atoms with Crippen molar-refractivity contribution < 1.29 is 9.26 Å². The van der Waals surface area contributed by atoms with Gasteiger partial charge in [0.2, 0.25) is 0 Å². The number of nitrogens with zero attached hydrogens (tertiary/aromatic N) is 3. The molecule has 1 fully saturated rings. The van der Waals surface area contributed by atoms with Crippen LogP contribution in [0.15, 0.2) is 15.6 Å². The molecule has 7 nitrogen and oxygen atoms in total. The molecular formula is C19H35N5O2. The minimum Gasteiger partial charge on any atom is -0.373 e. The van der Waals surface area contributed by atoms with Crippen LogP contribution >= 0.6 is 0 Å². The van der Waals surface area contributed by atoms with E-state index in [1.807, 2.05) is 6.07 Å². The van der Waals surface area contributed by atoms with Crippen LogP contribution in [0.25, 0.3) is 0 Å². The Morgan fingerprint density at radius 2 is 1.96 bits per heavy atom. The predicted octanol–water partition coefficient (Wildman–Crippen LogP) is 2.35. The number of hydrogen-bond donors (Lipinski definition) is 2. The average molecular weight is 366 g/mol. The molecule has 1 aliphatic heterocycles. The fraction of sp³-hybridized carbons (Fsp3) is 0.789. The molecule has 0 saturated carbocycles. The first-order valence-electron chi connectivity index (χ1n) is 9.51. The topological polar surface area (TPSA) is 74.9 Å². The van der Waals surface area contributed by atoms with E-state index in [1.54, 1.807) is 7.05 Å². The molecule has 0 bridgehead atoms. The smallest absolute Gasteiger partial charge is 0.191 e. The van der Waals surface area contributed by atoms with Gasteiger partial charge in [-0.3, -0.25) is 9.89 Å². The van der Waals surface area contributed by atoms with E-state index in [2.05, 4.69) is 67.2 Å². The lowest BCUT2D eigenvalue weighted by atomic mass is 10.00. The van der Waals surface area contributed by atoms with Crippen molar-refractivity contribution in [2.75, 3.05) is 26.7 Å². The molecule has 26 heavy (non-hydrogen) atoms. The standard InChI is InChI=1S/C19H35N5O2/c1-13(2)17-8-16(26-23-17)9-21-18(20-7)22-12-19(5,6)24-10-14(3)25-15(4)11-24/h8,13-15H,9-12H2,1-7H3,(H2,20,21,22). The minimum atomic E-state index is 0.000962. The maximum Gasteiger partial charge on any atom is 0.191 e. The highest BCUT2D eigenvalue weighted by atomic mass is 16.5. The molecule has 148 valence electrons. The molecule has 2 unspecified atom stereocenters. The van der Waals surface area contributed by atoms with Gasteiger partial charge < -0.3 is 19.9 Å². The van der Waals surface area contributed by atoms with Crippen LogP contribution in [-0.2, 0) is 11.3 Å². The van der Waals surface area contributed by atoms with Crippen molar-refractivity contribution in [3.63, 3.8) is 0 Å². The quantitative estimate of drug-likeness (QED) is 0.595. The third kappa shape index (κ3) is 5.71. The Balaban J connectivity index is 1.85. The Kier molecular flexibility index (Phi) is 7.06. The van der Waals surface area contributed by atoms with Crippen molar-refractivity contribution >= 4 is 5.96 Å². The number of nitrogens with one attached hydrogen (secondary N) is 2. The van der Waals surface area contributed by atoms with Gasteiger partial charge in [-0.2, -0.15) is 0 Å². The summed E-state index contributed by atoms with van der Waals surface area (Å²) in [4.78, 5) is 6.80. The molecule has 0 amide bonds. The summed E-state index contributed by atoms with van der Waals surface area (Å²) in [5, 5.41) is 10.8. The van der Waals surface area contributed by atoms with Gasteiger partial charge in [0.15, 0.2) is 11.7 Å². The van der Waals surface area contributed by atoms with Crippen LogP contribution in [0.5, 0.6) is 0 Å². The van der Waals surface area contributed by atoms with Crippen molar-refractivity contribution in [3.8, 4) is 0 Å². The molecule has 2 N–H and O–H groups in total. The number of ether oxygens (including phenoxy) is 1. The third-order valence-electron chi connectivity index (χ3n) is 4.79. The molecule has 0 radical (unpaired) electrons. The van der Waals surface area contributed by atoms with E-state index >= 15 is 0 Å². The van der Waals surface area contributed by atoms with Gasteiger partial charge in [-0.15, -0.1) is 0 Å². The summed E-state index contributed by atoms with van der Waals surface area (Å²) in [6, 6.07) is 1.99. The zero-order valence-electron chi connectivity index (χ0n) is 17.3. The van der Waals surface area contributed by atoms with Crippen molar-refractivity contribution in [3.05, 3.63) is 17.5 Å². The van der Waals surface area contributed by atoms with E-state index in [0.29, 0.717) is 12.5 Å². The van der Waals surface area contributed by atoms with Crippen LogP contribution in [0.2, 0.25) is 0 Å². The summed E-state index contributed by atoms with van der Waals surface area (Å²) in [7, 11) is 1.78. The summed E-state index contributed by atoms with van der Waals surface area (Å²) in [5.74, 6) is 1.94. The first-order valence-corrected chi connectivity index (χ1v) is 9.51. The highest BCUT2D eigenvalue weighted by Gasteiger charge is 2.33. The number of rotatable bonds is 6. The van der Waals surface area contributed by atoms with Crippen molar-refractivity contribution in [1.82, 2.24) is 20.7 Å². The van der Waals surface area contributed by atoms with E-state index < -0.39 is 0 Å². The van der Waals surface area contributed by atoms with Gasteiger partial charge in [0.05, 0.1) is 24.4 Å². The summed E-state index contributed by atoms with van der Waals surface area (Å²) in [6.45, 7) is 16.2. The molecule has 2 heterocycles. The second-order valence-electron chi connectivity index (χ2n) is 8.13. The molecule has 0 aliphatic carbocycles. The summed E-state index contributed by atoms with van der Waals surface area (Å²) in [5.41, 5.74) is 0.975. The Hall–Kier alpha value is -1.60. The molecular weight excluding hydrogens is 330 g/mol. The van der Waals surface area contributed by atoms with Gasteiger partial charge in [-0.05, 0) is 33.6 Å². The normalized spacial score (nSPS) is 22.7. The van der Waals surface area contributed by atoms with Crippen molar-refractivity contribution in [2.24, 2.45) is 4.99 Å². The number of aliphatic imine (C=N–C) groups is 1. The van der Waals surface area contributed by atoms with Crippen LogP contribution in [0, 0.1) is 0 Å².